The highest BCUT2D eigenvalue weighted by atomic mass is 32.2. The Balaban J connectivity index is 2.26. The van der Waals surface area contributed by atoms with Crippen molar-refractivity contribution >= 4 is 15.7 Å². The fourth-order valence-corrected chi connectivity index (χ4v) is 3.77. The molecular weight excluding hydrogens is 264 g/mol. The monoisotopic (exact) mass is 290 g/mol. The van der Waals surface area contributed by atoms with Gasteiger partial charge in [-0.15, -0.1) is 0 Å². The molecule has 2 unspecified atom stereocenters. The summed E-state index contributed by atoms with van der Waals surface area (Å²) in [5, 5.41) is 6.03. The van der Waals surface area contributed by atoms with Gasteiger partial charge in [0, 0.05) is 25.0 Å². The molecule has 6 heteroatoms. The number of rotatable bonds is 7. The van der Waals surface area contributed by atoms with Gasteiger partial charge >= 0.3 is 0 Å². The van der Waals surface area contributed by atoms with Crippen molar-refractivity contribution in [3.8, 4) is 0 Å². The molecule has 5 nitrogen and oxygen atoms in total. The van der Waals surface area contributed by atoms with E-state index >= 15 is 0 Å². The predicted octanol–water partition coefficient (Wildman–Crippen LogP) is 0.848. The maximum Gasteiger partial charge on any atom is 0.221 e. The molecule has 2 atom stereocenters. The molecule has 1 amide bonds. The minimum Gasteiger partial charge on any atom is -0.354 e. The second-order valence-electron chi connectivity index (χ2n) is 5.43. The van der Waals surface area contributed by atoms with Crippen LogP contribution in [0.1, 0.15) is 46.0 Å². The third-order valence-electron chi connectivity index (χ3n) is 3.38. The van der Waals surface area contributed by atoms with Gasteiger partial charge in [0.15, 0.2) is 9.84 Å². The Morgan fingerprint density at radius 3 is 2.79 bits per heavy atom. The molecule has 0 aromatic heterocycles. The Kier molecular flexibility index (Phi) is 6.79. The third-order valence-corrected chi connectivity index (χ3v) is 5.12. The molecule has 0 aliphatic carbocycles. The minimum absolute atomic E-state index is 0.0569. The summed E-state index contributed by atoms with van der Waals surface area (Å²) in [7, 11) is -2.97. The van der Waals surface area contributed by atoms with E-state index in [1.807, 2.05) is 6.92 Å². The molecule has 1 saturated heterocycles. The van der Waals surface area contributed by atoms with E-state index in [-0.39, 0.29) is 35.9 Å². The molecule has 0 spiro atoms. The topological polar surface area (TPSA) is 75.3 Å². The smallest absolute Gasteiger partial charge is 0.221 e. The average molecular weight is 290 g/mol. The van der Waals surface area contributed by atoms with E-state index in [0.717, 1.165) is 12.8 Å². The number of carbonyl (C=O) groups is 1. The summed E-state index contributed by atoms with van der Waals surface area (Å²) in [5.41, 5.74) is 0. The molecule has 0 aromatic rings. The van der Waals surface area contributed by atoms with E-state index in [4.69, 9.17) is 0 Å². The van der Waals surface area contributed by atoms with E-state index < -0.39 is 9.84 Å². The van der Waals surface area contributed by atoms with E-state index in [9.17, 15) is 13.2 Å². The first-order chi connectivity index (χ1) is 8.93. The number of sulfone groups is 1. The van der Waals surface area contributed by atoms with Crippen molar-refractivity contribution in [3.05, 3.63) is 0 Å². The first-order valence-electron chi connectivity index (χ1n) is 7.16. The van der Waals surface area contributed by atoms with Crippen molar-refractivity contribution in [2.75, 3.05) is 18.1 Å². The van der Waals surface area contributed by atoms with Gasteiger partial charge < -0.3 is 10.6 Å². The molecule has 112 valence electrons. The Bertz CT molecular complexity index is 381. The number of hydrogen-bond donors (Lipinski definition) is 2. The van der Waals surface area contributed by atoms with Crippen molar-refractivity contribution in [2.24, 2.45) is 0 Å². The zero-order chi connectivity index (χ0) is 14.3. The maximum absolute atomic E-state index is 11.8. The lowest BCUT2D eigenvalue weighted by molar-refractivity contribution is -0.122. The maximum atomic E-state index is 11.8. The summed E-state index contributed by atoms with van der Waals surface area (Å²) < 4.78 is 22.9. The highest BCUT2D eigenvalue weighted by molar-refractivity contribution is 7.91. The predicted molar refractivity (Wildman–Crippen MR) is 76.8 cm³/mol. The normalized spacial score (nSPS) is 23.8. The third kappa shape index (κ3) is 6.92. The molecule has 1 fully saturated rings. The van der Waals surface area contributed by atoms with E-state index in [1.54, 1.807) is 0 Å². The second kappa shape index (κ2) is 7.85. The molecule has 0 radical (unpaired) electrons. The molecule has 2 N–H and O–H groups in total. The number of carbonyl (C=O) groups excluding carboxylic acids is 1. The van der Waals surface area contributed by atoms with Crippen LogP contribution in [0.3, 0.4) is 0 Å². The van der Waals surface area contributed by atoms with E-state index in [1.165, 1.54) is 12.8 Å². The quantitative estimate of drug-likeness (QED) is 0.682. The lowest BCUT2D eigenvalue weighted by Crippen LogP contribution is -2.48. The largest absolute Gasteiger partial charge is 0.354 e. The van der Waals surface area contributed by atoms with Crippen molar-refractivity contribution in [1.29, 1.82) is 0 Å². The van der Waals surface area contributed by atoms with Gasteiger partial charge in [-0.25, -0.2) is 8.42 Å². The molecule has 1 aliphatic rings. The molecule has 1 heterocycles. The average Bonchev–Trinajstić information content (AvgIpc) is 2.27. The number of unbranched alkanes of at least 4 members (excludes halogenated alkanes) is 2. The number of amides is 1. The summed E-state index contributed by atoms with van der Waals surface area (Å²) >= 11 is 0. The fourth-order valence-electron chi connectivity index (χ4n) is 2.33. The van der Waals surface area contributed by atoms with Crippen LogP contribution in [0.4, 0.5) is 0 Å². The van der Waals surface area contributed by atoms with Gasteiger partial charge in [0.1, 0.15) is 0 Å². The zero-order valence-corrected chi connectivity index (χ0v) is 12.8. The Morgan fingerprint density at radius 2 is 2.16 bits per heavy atom. The Hall–Kier alpha value is -0.620. The van der Waals surface area contributed by atoms with Crippen LogP contribution in [0.2, 0.25) is 0 Å². The number of hydrogen-bond acceptors (Lipinski definition) is 4. The zero-order valence-electron chi connectivity index (χ0n) is 11.9. The van der Waals surface area contributed by atoms with Crippen LogP contribution in [0.5, 0.6) is 0 Å². The Labute approximate surface area is 116 Å². The van der Waals surface area contributed by atoms with Crippen LogP contribution in [-0.4, -0.2) is 44.5 Å². The van der Waals surface area contributed by atoms with Gasteiger partial charge in [-0.3, -0.25) is 4.79 Å². The number of nitrogens with one attached hydrogen (secondary N) is 2. The molecule has 0 aromatic carbocycles. The molecule has 0 bridgehead atoms. The summed E-state index contributed by atoms with van der Waals surface area (Å²) in [6.07, 6.45) is 4.70. The lowest BCUT2D eigenvalue weighted by atomic mass is 10.1. The summed E-state index contributed by atoms with van der Waals surface area (Å²) in [6.45, 7) is 4.60. The van der Waals surface area contributed by atoms with Crippen LogP contribution in [0, 0.1) is 0 Å². The van der Waals surface area contributed by atoms with Gasteiger partial charge in [-0.1, -0.05) is 26.2 Å². The summed E-state index contributed by atoms with van der Waals surface area (Å²) in [4.78, 5) is 11.8. The lowest BCUT2D eigenvalue weighted by Gasteiger charge is -2.24. The SMILES string of the molecule is CCCCCC(C)NC(=O)CC1CS(=O)(=O)CCN1. The van der Waals surface area contributed by atoms with Crippen molar-refractivity contribution in [2.45, 2.75) is 58.0 Å². The van der Waals surface area contributed by atoms with Gasteiger partial charge in [-0.05, 0) is 13.3 Å². The van der Waals surface area contributed by atoms with Crippen molar-refractivity contribution in [3.63, 3.8) is 0 Å². The highest BCUT2D eigenvalue weighted by Gasteiger charge is 2.26. The first kappa shape index (κ1) is 16.4. The van der Waals surface area contributed by atoms with Crippen LogP contribution >= 0.6 is 0 Å². The molecule has 1 rings (SSSR count). The highest BCUT2D eigenvalue weighted by Crippen LogP contribution is 2.06. The van der Waals surface area contributed by atoms with Gasteiger partial charge in [0.05, 0.1) is 11.5 Å². The van der Waals surface area contributed by atoms with Gasteiger partial charge in [0.25, 0.3) is 0 Å². The van der Waals surface area contributed by atoms with Gasteiger partial charge in [0.2, 0.25) is 5.91 Å². The minimum atomic E-state index is -2.97. The standard InChI is InChI=1S/C13H26N2O3S/c1-3-4-5-6-11(2)15-13(16)9-12-10-19(17,18)8-7-14-12/h11-12,14H,3-10H2,1-2H3,(H,15,16). The van der Waals surface area contributed by atoms with Crippen LogP contribution < -0.4 is 10.6 Å². The molecular formula is C13H26N2O3S. The van der Waals surface area contributed by atoms with Crippen LogP contribution in [-0.2, 0) is 14.6 Å². The second-order valence-corrected chi connectivity index (χ2v) is 7.66. The molecule has 19 heavy (non-hydrogen) atoms. The van der Waals surface area contributed by atoms with Crippen molar-refractivity contribution < 1.29 is 13.2 Å². The van der Waals surface area contributed by atoms with Gasteiger partial charge in [-0.2, -0.15) is 0 Å². The van der Waals surface area contributed by atoms with E-state index in [2.05, 4.69) is 17.6 Å². The molecule has 1 aliphatic heterocycles. The van der Waals surface area contributed by atoms with E-state index in [0.29, 0.717) is 6.54 Å². The summed E-state index contributed by atoms with van der Waals surface area (Å²) in [5.74, 6) is 0.196. The van der Waals surface area contributed by atoms with Crippen molar-refractivity contribution in [1.82, 2.24) is 10.6 Å². The fraction of sp³-hybridized carbons (Fsp3) is 0.923. The Morgan fingerprint density at radius 1 is 1.42 bits per heavy atom. The molecule has 0 saturated carbocycles. The first-order valence-corrected chi connectivity index (χ1v) is 8.98. The van der Waals surface area contributed by atoms with Crippen LogP contribution in [0.15, 0.2) is 0 Å². The van der Waals surface area contributed by atoms with Crippen LogP contribution in [0.25, 0.3) is 0 Å². The summed E-state index contributed by atoms with van der Waals surface area (Å²) in [6, 6.07) is -0.0687.